The van der Waals surface area contributed by atoms with Gasteiger partial charge in [-0.25, -0.2) is 0 Å². The maximum absolute atomic E-state index is 12.6. The van der Waals surface area contributed by atoms with Crippen molar-refractivity contribution in [3.8, 4) is 17.2 Å². The highest BCUT2D eigenvalue weighted by molar-refractivity contribution is 5.98. The molecule has 27 heavy (non-hydrogen) atoms. The summed E-state index contributed by atoms with van der Waals surface area (Å²) in [5.74, 6) is 0.578. The molecule has 1 amide bonds. The average molecular weight is 383 g/mol. The first-order valence-electron chi connectivity index (χ1n) is 8.05. The average Bonchev–Trinajstić information content (AvgIpc) is 2.66. The molecule has 0 aliphatic carbocycles. The number of hydrogen-bond donors (Lipinski definition) is 1. The molecular formula is C19H20F3NO4. The van der Waals surface area contributed by atoms with E-state index in [1.165, 1.54) is 33.5 Å². The summed E-state index contributed by atoms with van der Waals surface area (Å²) in [4.78, 5) is 12.4. The van der Waals surface area contributed by atoms with Gasteiger partial charge in [-0.2, -0.15) is 13.2 Å². The first kappa shape index (κ1) is 20.4. The Kier molecular flexibility index (Phi) is 6.55. The van der Waals surface area contributed by atoms with E-state index in [0.29, 0.717) is 23.5 Å². The molecule has 2 aromatic rings. The lowest BCUT2D eigenvalue weighted by atomic mass is 10.1. The third kappa shape index (κ3) is 4.84. The summed E-state index contributed by atoms with van der Waals surface area (Å²) in [7, 11) is 4.32. The summed E-state index contributed by atoms with van der Waals surface area (Å²) < 4.78 is 53.4. The molecule has 8 heteroatoms. The second kappa shape index (κ2) is 8.66. The summed E-state index contributed by atoms with van der Waals surface area (Å²) in [6.45, 7) is 0.252. The number of rotatable bonds is 7. The molecule has 0 radical (unpaired) electrons. The summed E-state index contributed by atoms with van der Waals surface area (Å²) in [6.07, 6.45) is -3.98. The Balaban J connectivity index is 2.04. The van der Waals surface area contributed by atoms with E-state index >= 15 is 0 Å². The molecule has 0 atom stereocenters. The molecule has 0 aliphatic rings. The van der Waals surface area contributed by atoms with Crippen LogP contribution in [0.4, 0.5) is 13.2 Å². The van der Waals surface area contributed by atoms with E-state index < -0.39 is 11.7 Å². The lowest BCUT2D eigenvalue weighted by Gasteiger charge is -2.15. The minimum absolute atomic E-state index is 0.240. The van der Waals surface area contributed by atoms with Gasteiger partial charge in [-0.3, -0.25) is 4.79 Å². The predicted octanol–water partition coefficient (Wildman–Crippen LogP) is 3.70. The van der Waals surface area contributed by atoms with Crippen LogP contribution in [0.25, 0.3) is 0 Å². The van der Waals surface area contributed by atoms with Crippen molar-refractivity contribution in [2.24, 2.45) is 0 Å². The van der Waals surface area contributed by atoms with E-state index in [9.17, 15) is 18.0 Å². The molecule has 0 aromatic heterocycles. The third-order valence-corrected chi connectivity index (χ3v) is 3.93. The Morgan fingerprint density at radius 3 is 2.07 bits per heavy atom. The van der Waals surface area contributed by atoms with Crippen molar-refractivity contribution in [1.82, 2.24) is 5.32 Å². The summed E-state index contributed by atoms with van der Waals surface area (Å²) in [6, 6.07) is 7.97. The maximum atomic E-state index is 12.6. The Bertz CT molecular complexity index is 789. The normalized spacial score (nSPS) is 11.0. The molecule has 146 valence electrons. The van der Waals surface area contributed by atoms with Crippen LogP contribution in [0.5, 0.6) is 17.2 Å². The number of alkyl halides is 3. The number of amides is 1. The number of methoxy groups -OCH3 is 3. The fraction of sp³-hybridized carbons (Fsp3) is 0.316. The van der Waals surface area contributed by atoms with Crippen LogP contribution in [-0.4, -0.2) is 33.8 Å². The van der Waals surface area contributed by atoms with Crippen molar-refractivity contribution >= 4 is 5.91 Å². The number of hydrogen-bond acceptors (Lipinski definition) is 4. The van der Waals surface area contributed by atoms with Crippen molar-refractivity contribution in [1.29, 1.82) is 0 Å². The molecule has 0 spiro atoms. The fourth-order valence-corrected chi connectivity index (χ4v) is 2.56. The second-order valence-corrected chi connectivity index (χ2v) is 5.58. The fourth-order valence-electron chi connectivity index (χ4n) is 2.56. The van der Waals surface area contributed by atoms with Gasteiger partial charge in [0.15, 0.2) is 11.5 Å². The monoisotopic (exact) mass is 383 g/mol. The van der Waals surface area contributed by atoms with Crippen LogP contribution in [0.1, 0.15) is 21.5 Å². The van der Waals surface area contributed by atoms with Crippen molar-refractivity contribution in [3.05, 3.63) is 53.1 Å². The first-order valence-corrected chi connectivity index (χ1v) is 8.05. The van der Waals surface area contributed by atoms with Crippen LogP contribution < -0.4 is 19.5 Å². The van der Waals surface area contributed by atoms with Gasteiger partial charge in [-0.15, -0.1) is 0 Å². The van der Waals surface area contributed by atoms with Crippen LogP contribution >= 0.6 is 0 Å². The van der Waals surface area contributed by atoms with Gasteiger partial charge in [0.2, 0.25) is 5.75 Å². The zero-order valence-electron chi connectivity index (χ0n) is 15.1. The molecule has 5 nitrogen and oxygen atoms in total. The van der Waals surface area contributed by atoms with E-state index in [-0.39, 0.29) is 23.8 Å². The molecule has 1 N–H and O–H groups in total. The Labute approximate surface area is 155 Å². The van der Waals surface area contributed by atoms with Gasteiger partial charge in [0, 0.05) is 6.54 Å². The summed E-state index contributed by atoms with van der Waals surface area (Å²) >= 11 is 0. The van der Waals surface area contributed by atoms with E-state index in [2.05, 4.69) is 5.32 Å². The van der Waals surface area contributed by atoms with Crippen molar-refractivity contribution < 1.29 is 32.2 Å². The molecule has 0 unspecified atom stereocenters. The molecule has 0 saturated carbocycles. The second-order valence-electron chi connectivity index (χ2n) is 5.58. The van der Waals surface area contributed by atoms with Gasteiger partial charge in [0.25, 0.3) is 5.91 Å². The number of halogens is 3. The Hall–Kier alpha value is -2.90. The lowest BCUT2D eigenvalue weighted by Crippen LogP contribution is -2.26. The zero-order valence-corrected chi connectivity index (χ0v) is 15.1. The summed E-state index contributed by atoms with van der Waals surface area (Å²) in [5.41, 5.74) is 0.246. The minimum Gasteiger partial charge on any atom is -0.493 e. The SMILES string of the molecule is COc1ccc(C(=O)NCCc2ccc(C(F)(F)F)cc2)c(OC)c1OC. The summed E-state index contributed by atoms with van der Waals surface area (Å²) in [5, 5.41) is 2.72. The molecule has 0 aliphatic heterocycles. The van der Waals surface area contributed by atoms with Gasteiger partial charge in [0.05, 0.1) is 32.5 Å². The maximum Gasteiger partial charge on any atom is 0.416 e. The standard InChI is InChI=1S/C19H20F3NO4/c1-25-15-9-8-14(16(26-2)17(15)27-3)18(24)23-11-10-12-4-6-13(7-5-12)19(20,21)22/h4-9H,10-11H2,1-3H3,(H,23,24). The first-order chi connectivity index (χ1) is 12.8. The van der Waals surface area contributed by atoms with Gasteiger partial charge in [-0.1, -0.05) is 12.1 Å². The van der Waals surface area contributed by atoms with Gasteiger partial charge in [-0.05, 0) is 36.2 Å². The van der Waals surface area contributed by atoms with E-state index in [1.54, 1.807) is 12.1 Å². The highest BCUT2D eigenvalue weighted by Crippen LogP contribution is 2.39. The minimum atomic E-state index is -4.36. The van der Waals surface area contributed by atoms with Crippen molar-refractivity contribution in [2.45, 2.75) is 12.6 Å². The zero-order chi connectivity index (χ0) is 20.0. The van der Waals surface area contributed by atoms with E-state index in [0.717, 1.165) is 12.1 Å². The van der Waals surface area contributed by atoms with E-state index in [4.69, 9.17) is 14.2 Å². The van der Waals surface area contributed by atoms with E-state index in [1.807, 2.05) is 0 Å². The van der Waals surface area contributed by atoms with Crippen LogP contribution in [-0.2, 0) is 12.6 Å². The van der Waals surface area contributed by atoms with Crippen molar-refractivity contribution in [2.75, 3.05) is 27.9 Å². The van der Waals surface area contributed by atoms with Crippen molar-refractivity contribution in [3.63, 3.8) is 0 Å². The van der Waals surface area contributed by atoms with Crippen LogP contribution in [0.15, 0.2) is 36.4 Å². The number of carbonyl (C=O) groups is 1. The number of benzene rings is 2. The molecule has 0 saturated heterocycles. The Morgan fingerprint density at radius 1 is 0.926 bits per heavy atom. The number of ether oxygens (including phenoxy) is 3. The van der Waals surface area contributed by atoms with Crippen LogP contribution in [0.3, 0.4) is 0 Å². The third-order valence-electron chi connectivity index (χ3n) is 3.93. The highest BCUT2D eigenvalue weighted by atomic mass is 19.4. The molecule has 0 heterocycles. The molecule has 2 rings (SSSR count). The van der Waals surface area contributed by atoms with Gasteiger partial charge < -0.3 is 19.5 Å². The Morgan fingerprint density at radius 2 is 1.56 bits per heavy atom. The number of carbonyl (C=O) groups excluding carboxylic acids is 1. The molecular weight excluding hydrogens is 363 g/mol. The number of nitrogens with one attached hydrogen (secondary N) is 1. The topological polar surface area (TPSA) is 56.8 Å². The molecule has 2 aromatic carbocycles. The van der Waals surface area contributed by atoms with Gasteiger partial charge >= 0.3 is 6.18 Å². The van der Waals surface area contributed by atoms with Crippen LogP contribution in [0.2, 0.25) is 0 Å². The molecule has 0 fully saturated rings. The predicted molar refractivity (Wildman–Crippen MR) is 93.6 cm³/mol. The molecule has 0 bridgehead atoms. The van der Waals surface area contributed by atoms with Crippen LogP contribution in [0, 0.1) is 0 Å². The van der Waals surface area contributed by atoms with Gasteiger partial charge in [0.1, 0.15) is 0 Å². The highest BCUT2D eigenvalue weighted by Gasteiger charge is 2.29. The smallest absolute Gasteiger partial charge is 0.416 e. The largest absolute Gasteiger partial charge is 0.493 e. The quantitative estimate of drug-likeness (QED) is 0.792. The lowest BCUT2D eigenvalue weighted by molar-refractivity contribution is -0.137.